The molecule has 0 bridgehead atoms. The van der Waals surface area contributed by atoms with Crippen LogP contribution in [0.3, 0.4) is 0 Å². The molecule has 32 heavy (non-hydrogen) atoms. The van der Waals surface area contributed by atoms with Gasteiger partial charge in [-0.1, -0.05) is 23.7 Å². The summed E-state index contributed by atoms with van der Waals surface area (Å²) in [6, 6.07) is 11.3. The monoisotopic (exact) mass is 456 g/mol. The highest BCUT2D eigenvalue weighted by Gasteiger charge is 2.31. The maximum atomic E-state index is 14.8. The Hall–Kier alpha value is -2.57. The first kappa shape index (κ1) is 22.6. The molecule has 0 aromatic heterocycles. The van der Waals surface area contributed by atoms with Gasteiger partial charge in [0.15, 0.2) is 0 Å². The highest BCUT2D eigenvalue weighted by molar-refractivity contribution is 6.31. The molecule has 1 N–H and O–H groups in total. The normalized spacial score (nSPS) is 18.8. The van der Waals surface area contributed by atoms with Crippen LogP contribution in [-0.2, 0) is 9.53 Å². The average molecular weight is 457 g/mol. The van der Waals surface area contributed by atoms with Crippen LogP contribution in [0.15, 0.2) is 52.4 Å². The van der Waals surface area contributed by atoms with E-state index in [2.05, 4.69) is 0 Å². The molecule has 0 spiro atoms. The van der Waals surface area contributed by atoms with Gasteiger partial charge in [-0.25, -0.2) is 4.39 Å². The second-order valence-corrected chi connectivity index (χ2v) is 8.73. The molecule has 168 valence electrons. The number of nitrogens with zero attached hydrogens (tertiary/aromatic N) is 2. The number of fused-ring (bicyclic) bond motifs is 1. The summed E-state index contributed by atoms with van der Waals surface area (Å²) in [7, 11) is 1.35. The van der Waals surface area contributed by atoms with E-state index in [1.807, 2.05) is 0 Å². The van der Waals surface area contributed by atoms with Crippen molar-refractivity contribution in [2.45, 2.75) is 50.7 Å². The third-order valence-electron chi connectivity index (χ3n) is 5.99. The summed E-state index contributed by atoms with van der Waals surface area (Å²) < 4.78 is 19.6. The lowest BCUT2D eigenvalue weighted by Crippen LogP contribution is -2.23. The van der Waals surface area contributed by atoms with Crippen LogP contribution >= 0.6 is 11.6 Å². The minimum atomic E-state index is -0.443. The van der Waals surface area contributed by atoms with Crippen LogP contribution in [0.25, 0.3) is 0 Å². The van der Waals surface area contributed by atoms with Crippen LogP contribution in [-0.4, -0.2) is 41.8 Å². The minimum Gasteiger partial charge on any atom is -0.469 e. The smallest absolute Gasteiger partial charge is 0.305 e. The van der Waals surface area contributed by atoms with Crippen LogP contribution in [0.2, 0.25) is 5.02 Å². The van der Waals surface area contributed by atoms with Crippen LogP contribution in [0.1, 0.15) is 49.7 Å². The van der Waals surface area contributed by atoms with Crippen molar-refractivity contribution in [2.75, 3.05) is 7.11 Å². The maximum Gasteiger partial charge on any atom is 0.305 e. The predicted octanol–water partition coefficient (Wildman–Crippen LogP) is 5.28. The summed E-state index contributed by atoms with van der Waals surface area (Å²) >= 11 is 6.27. The van der Waals surface area contributed by atoms with E-state index in [1.54, 1.807) is 36.4 Å². The zero-order chi connectivity index (χ0) is 22.7. The second kappa shape index (κ2) is 9.92. The van der Waals surface area contributed by atoms with Gasteiger partial charge in [0, 0.05) is 28.3 Å². The molecule has 0 amide bonds. The first-order valence-electron chi connectivity index (χ1n) is 10.9. The van der Waals surface area contributed by atoms with Gasteiger partial charge in [0.1, 0.15) is 5.82 Å². The number of methoxy groups -OCH3 is 1. The van der Waals surface area contributed by atoms with Gasteiger partial charge in [0.25, 0.3) is 0 Å². The van der Waals surface area contributed by atoms with Gasteiger partial charge in [0.2, 0.25) is 0 Å². The van der Waals surface area contributed by atoms with Gasteiger partial charge < -0.3 is 9.84 Å². The van der Waals surface area contributed by atoms with Crippen molar-refractivity contribution < 1.29 is 19.0 Å². The number of rotatable bonds is 8. The molecule has 2 aromatic rings. The number of hydrogen-bond donors (Lipinski definition) is 1. The Kier molecular flexibility index (Phi) is 7.01. The fourth-order valence-electron chi connectivity index (χ4n) is 4.02. The van der Waals surface area contributed by atoms with Crippen molar-refractivity contribution in [3.05, 3.63) is 64.4 Å². The van der Waals surface area contributed by atoms with E-state index in [0.29, 0.717) is 52.7 Å². The molecule has 1 saturated carbocycles. The standard InChI is InChI=1S/C25H26ClFN2O3/c1-32-24(31)13-11-22-21(10-12-23(30)15-6-7-15)28-20-9-8-16(26)14-18(20)25(29-22)17-4-2-3-5-19(17)27/h2-5,8-9,14-15,22-23,30H,6-7,10-13H2,1H3/t22-,23?/m0/s1. The molecule has 2 aromatic carbocycles. The Balaban J connectivity index is 1.76. The summed E-state index contributed by atoms with van der Waals surface area (Å²) in [6.45, 7) is 0. The summed E-state index contributed by atoms with van der Waals surface area (Å²) in [5, 5.41) is 10.9. The molecule has 0 radical (unpaired) electrons. The molecular formula is C25H26ClFN2O3. The van der Waals surface area contributed by atoms with Gasteiger partial charge >= 0.3 is 5.97 Å². The van der Waals surface area contributed by atoms with Crippen molar-refractivity contribution >= 4 is 34.7 Å². The van der Waals surface area contributed by atoms with E-state index in [1.165, 1.54) is 13.2 Å². The largest absolute Gasteiger partial charge is 0.469 e. The number of benzene rings is 2. The molecule has 2 atom stereocenters. The molecule has 1 aliphatic carbocycles. The number of carbonyl (C=O) groups is 1. The lowest BCUT2D eigenvalue weighted by molar-refractivity contribution is -0.140. The van der Waals surface area contributed by atoms with Crippen molar-refractivity contribution in [1.29, 1.82) is 0 Å². The Morgan fingerprint density at radius 3 is 2.75 bits per heavy atom. The van der Waals surface area contributed by atoms with Gasteiger partial charge in [0.05, 0.1) is 30.7 Å². The molecule has 1 aliphatic heterocycles. The molecule has 1 fully saturated rings. The molecule has 5 nitrogen and oxygen atoms in total. The minimum absolute atomic E-state index is 0.163. The van der Waals surface area contributed by atoms with E-state index in [4.69, 9.17) is 26.3 Å². The highest BCUT2D eigenvalue weighted by Crippen LogP contribution is 2.36. The van der Waals surface area contributed by atoms with Crippen LogP contribution < -0.4 is 0 Å². The summed E-state index contributed by atoms with van der Waals surface area (Å²) in [6.07, 6.45) is 3.39. The van der Waals surface area contributed by atoms with E-state index in [0.717, 1.165) is 18.6 Å². The molecule has 4 rings (SSSR count). The van der Waals surface area contributed by atoms with E-state index in [-0.39, 0.29) is 18.5 Å². The lowest BCUT2D eigenvalue weighted by Gasteiger charge is -2.17. The molecule has 2 aliphatic rings. The SMILES string of the molecule is COC(=O)CC[C@@H]1N=C(c2ccccc2F)c2cc(Cl)ccc2N=C1CCC(O)C1CC1. The third-order valence-corrected chi connectivity index (χ3v) is 6.22. The highest BCUT2D eigenvalue weighted by atomic mass is 35.5. The molecular weight excluding hydrogens is 431 g/mol. The predicted molar refractivity (Wildman–Crippen MR) is 124 cm³/mol. The Morgan fingerprint density at radius 2 is 2.03 bits per heavy atom. The average Bonchev–Trinajstić information content (AvgIpc) is 3.64. The van der Waals surface area contributed by atoms with Crippen molar-refractivity contribution in [2.24, 2.45) is 15.9 Å². The van der Waals surface area contributed by atoms with Crippen molar-refractivity contribution in [1.82, 2.24) is 0 Å². The second-order valence-electron chi connectivity index (χ2n) is 8.30. The Bertz CT molecular complexity index is 1060. The number of ether oxygens (including phenoxy) is 1. The quantitative estimate of drug-likeness (QED) is 0.549. The number of esters is 1. The van der Waals surface area contributed by atoms with Crippen LogP contribution in [0.4, 0.5) is 10.1 Å². The van der Waals surface area contributed by atoms with Crippen LogP contribution in [0.5, 0.6) is 0 Å². The van der Waals surface area contributed by atoms with Gasteiger partial charge in [-0.15, -0.1) is 0 Å². The summed E-state index contributed by atoms with van der Waals surface area (Å²) in [5.74, 6) is -0.371. The zero-order valence-corrected chi connectivity index (χ0v) is 18.7. The fourth-order valence-corrected chi connectivity index (χ4v) is 4.19. The number of aliphatic hydroxyl groups is 1. The zero-order valence-electron chi connectivity index (χ0n) is 17.9. The van der Waals surface area contributed by atoms with E-state index < -0.39 is 11.9 Å². The topological polar surface area (TPSA) is 71.2 Å². The maximum absolute atomic E-state index is 14.8. The molecule has 7 heteroatoms. The Labute approximate surface area is 192 Å². The summed E-state index contributed by atoms with van der Waals surface area (Å²) in [4.78, 5) is 21.6. The summed E-state index contributed by atoms with van der Waals surface area (Å²) in [5.41, 5.74) is 2.87. The first-order chi connectivity index (χ1) is 15.5. The molecule has 0 saturated heterocycles. The lowest BCUT2D eigenvalue weighted by atomic mass is 9.98. The Morgan fingerprint density at radius 1 is 1.25 bits per heavy atom. The van der Waals surface area contributed by atoms with E-state index >= 15 is 0 Å². The van der Waals surface area contributed by atoms with Gasteiger partial charge in [-0.3, -0.25) is 14.8 Å². The fraction of sp³-hybridized carbons (Fsp3) is 0.400. The number of halogens is 2. The van der Waals surface area contributed by atoms with Crippen molar-refractivity contribution in [3.63, 3.8) is 0 Å². The number of aliphatic hydroxyl groups excluding tert-OH is 1. The number of aliphatic imine (C=N–C) groups is 2. The molecule has 1 unspecified atom stereocenters. The van der Waals surface area contributed by atoms with Crippen LogP contribution in [0, 0.1) is 11.7 Å². The van der Waals surface area contributed by atoms with Crippen molar-refractivity contribution in [3.8, 4) is 0 Å². The van der Waals surface area contributed by atoms with Gasteiger partial charge in [-0.05, 0) is 68.4 Å². The number of hydrogen-bond acceptors (Lipinski definition) is 5. The van der Waals surface area contributed by atoms with Gasteiger partial charge in [-0.2, -0.15) is 0 Å². The third kappa shape index (κ3) is 5.25. The molecule has 1 heterocycles. The first-order valence-corrected chi connectivity index (χ1v) is 11.3. The number of carbonyl (C=O) groups excluding carboxylic acids is 1. The van der Waals surface area contributed by atoms with E-state index in [9.17, 15) is 14.3 Å².